The van der Waals surface area contributed by atoms with E-state index in [1.54, 1.807) is 35.2 Å². The molecule has 2 unspecified atom stereocenters. The number of esters is 1. The van der Waals surface area contributed by atoms with E-state index in [9.17, 15) is 19.2 Å². The predicted octanol–water partition coefficient (Wildman–Crippen LogP) is 4.75. The van der Waals surface area contributed by atoms with Crippen LogP contribution in [-0.2, 0) is 25.5 Å². The van der Waals surface area contributed by atoms with E-state index in [2.05, 4.69) is 10.3 Å². The van der Waals surface area contributed by atoms with Gasteiger partial charge >= 0.3 is 5.97 Å². The first-order valence-corrected chi connectivity index (χ1v) is 13.6. The molecule has 0 saturated heterocycles. The van der Waals surface area contributed by atoms with E-state index in [1.165, 1.54) is 6.92 Å². The van der Waals surface area contributed by atoms with Gasteiger partial charge in [-0.2, -0.15) is 0 Å². The van der Waals surface area contributed by atoms with Crippen LogP contribution in [0.3, 0.4) is 0 Å². The van der Waals surface area contributed by atoms with Crippen molar-refractivity contribution in [3.63, 3.8) is 0 Å². The second kappa shape index (κ2) is 13.2. The number of ether oxygens (including phenoxy) is 1. The maximum Gasteiger partial charge on any atom is 0.302 e. The number of aromatic amines is 1. The van der Waals surface area contributed by atoms with Crippen molar-refractivity contribution < 1.29 is 23.9 Å². The first-order valence-electron chi connectivity index (χ1n) is 13.6. The highest BCUT2D eigenvalue weighted by Gasteiger charge is 2.49. The lowest BCUT2D eigenvalue weighted by Gasteiger charge is -2.37. The standard InChI is InChI=1S/C31H39N3O5/c1-6-24(39-22(5)35)18-19-31(30(38)34(7-2)8-3,29(37)23-14-10-9-11-15-23)33-28(36)20-26-21(4)32-27-17-13-12-16-25(26)27/h9-17,24,32H,6-8,18-20H2,1-5H3,(H,33,36). The summed E-state index contributed by atoms with van der Waals surface area (Å²) in [7, 11) is 0. The Labute approximate surface area is 230 Å². The summed E-state index contributed by atoms with van der Waals surface area (Å²) in [6.07, 6.45) is 0.223. The first kappa shape index (κ1) is 29.6. The van der Waals surface area contributed by atoms with Crippen LogP contribution in [0.5, 0.6) is 0 Å². The highest BCUT2D eigenvalue weighted by atomic mass is 16.5. The number of rotatable bonds is 13. The van der Waals surface area contributed by atoms with Gasteiger partial charge in [0.2, 0.25) is 5.91 Å². The number of para-hydroxylation sites is 1. The van der Waals surface area contributed by atoms with Gasteiger partial charge in [0.15, 0.2) is 11.3 Å². The average molecular weight is 534 g/mol. The molecule has 2 N–H and O–H groups in total. The predicted molar refractivity (Wildman–Crippen MR) is 151 cm³/mol. The van der Waals surface area contributed by atoms with Gasteiger partial charge in [-0.25, -0.2) is 0 Å². The number of likely N-dealkylation sites (N-methyl/N-ethyl adjacent to an activating group) is 1. The van der Waals surface area contributed by atoms with Crippen LogP contribution in [-0.4, -0.2) is 58.2 Å². The van der Waals surface area contributed by atoms with Gasteiger partial charge in [-0.3, -0.25) is 19.2 Å². The Hall–Kier alpha value is -3.94. The Balaban J connectivity index is 2.07. The molecule has 2 atom stereocenters. The number of hydrogen-bond donors (Lipinski definition) is 2. The van der Waals surface area contributed by atoms with E-state index in [1.807, 2.05) is 52.0 Å². The fourth-order valence-corrected chi connectivity index (χ4v) is 5.07. The summed E-state index contributed by atoms with van der Waals surface area (Å²) < 4.78 is 5.44. The van der Waals surface area contributed by atoms with Gasteiger partial charge < -0.3 is 19.9 Å². The summed E-state index contributed by atoms with van der Waals surface area (Å²) in [4.78, 5) is 58.6. The molecule has 3 aromatic rings. The normalized spacial score (nSPS) is 13.4. The third-order valence-electron chi connectivity index (χ3n) is 7.19. The number of H-pyrrole nitrogens is 1. The maximum atomic E-state index is 14.2. The SMILES string of the molecule is CCC(CCC(NC(=O)Cc1c(C)[nH]c2ccccc12)(C(=O)c1ccccc1)C(=O)N(CC)CC)OC(C)=O. The van der Waals surface area contributed by atoms with Gasteiger partial charge in [0, 0.05) is 42.2 Å². The van der Waals surface area contributed by atoms with Gasteiger partial charge in [-0.15, -0.1) is 0 Å². The highest BCUT2D eigenvalue weighted by Crippen LogP contribution is 2.27. The number of aryl methyl sites for hydroxylation is 1. The number of benzene rings is 2. The summed E-state index contributed by atoms with van der Waals surface area (Å²) in [5.74, 6) is -1.83. The molecule has 8 heteroatoms. The molecule has 208 valence electrons. The first-order chi connectivity index (χ1) is 18.7. The van der Waals surface area contributed by atoms with E-state index in [4.69, 9.17) is 4.74 Å². The smallest absolute Gasteiger partial charge is 0.302 e. The Kier molecular flexibility index (Phi) is 10.0. The van der Waals surface area contributed by atoms with Crippen LogP contribution in [0.2, 0.25) is 0 Å². The number of carbonyl (C=O) groups is 4. The molecule has 2 amide bonds. The van der Waals surface area contributed by atoms with Crippen LogP contribution in [0.4, 0.5) is 0 Å². The average Bonchev–Trinajstić information content (AvgIpc) is 3.25. The Morgan fingerprint density at radius 3 is 2.23 bits per heavy atom. The lowest BCUT2D eigenvalue weighted by Crippen LogP contribution is -2.64. The van der Waals surface area contributed by atoms with Gasteiger partial charge in [-0.1, -0.05) is 55.5 Å². The van der Waals surface area contributed by atoms with Crippen LogP contribution in [0.1, 0.15) is 68.6 Å². The summed E-state index contributed by atoms with van der Waals surface area (Å²) in [6.45, 7) is 9.52. The number of nitrogens with zero attached hydrogens (tertiary/aromatic N) is 1. The zero-order valence-corrected chi connectivity index (χ0v) is 23.5. The second-order valence-electron chi connectivity index (χ2n) is 9.76. The topological polar surface area (TPSA) is 109 Å². The molecule has 0 radical (unpaired) electrons. The third-order valence-corrected chi connectivity index (χ3v) is 7.19. The van der Waals surface area contributed by atoms with Crippen molar-refractivity contribution in [2.45, 2.75) is 71.9 Å². The van der Waals surface area contributed by atoms with Gasteiger partial charge in [-0.05, 0) is 51.7 Å². The lowest BCUT2D eigenvalue weighted by molar-refractivity contribution is -0.147. The molecule has 0 aliphatic rings. The van der Waals surface area contributed by atoms with Crippen LogP contribution in [0.15, 0.2) is 54.6 Å². The Morgan fingerprint density at radius 1 is 0.974 bits per heavy atom. The number of nitrogens with one attached hydrogen (secondary N) is 2. The molecule has 0 aliphatic heterocycles. The zero-order chi connectivity index (χ0) is 28.6. The molecule has 3 rings (SSSR count). The van der Waals surface area contributed by atoms with E-state index in [0.29, 0.717) is 25.1 Å². The zero-order valence-electron chi connectivity index (χ0n) is 23.5. The minimum atomic E-state index is -1.86. The van der Waals surface area contributed by atoms with Gasteiger partial charge in [0.1, 0.15) is 6.10 Å². The van der Waals surface area contributed by atoms with Crippen molar-refractivity contribution >= 4 is 34.5 Å². The molecule has 39 heavy (non-hydrogen) atoms. The minimum absolute atomic E-state index is 0.00759. The highest BCUT2D eigenvalue weighted by molar-refractivity contribution is 6.19. The van der Waals surface area contributed by atoms with Crippen LogP contribution >= 0.6 is 0 Å². The molecule has 1 aromatic heterocycles. The number of hydrogen-bond acceptors (Lipinski definition) is 5. The molecular weight excluding hydrogens is 494 g/mol. The Bertz CT molecular complexity index is 1310. The van der Waals surface area contributed by atoms with E-state index >= 15 is 0 Å². The lowest BCUT2D eigenvalue weighted by atomic mass is 9.81. The molecule has 1 heterocycles. The van der Waals surface area contributed by atoms with E-state index < -0.39 is 35.2 Å². The monoisotopic (exact) mass is 533 g/mol. The number of carbonyl (C=O) groups excluding carboxylic acids is 4. The van der Waals surface area contributed by atoms with E-state index in [0.717, 1.165) is 22.2 Å². The number of Topliss-reactive ketones (excluding diaryl/α,β-unsaturated/α-hetero) is 1. The van der Waals surface area contributed by atoms with Crippen LogP contribution < -0.4 is 5.32 Å². The molecule has 0 saturated carbocycles. The van der Waals surface area contributed by atoms with Crippen molar-refractivity contribution in [2.75, 3.05) is 13.1 Å². The summed E-state index contributed by atoms with van der Waals surface area (Å²) in [5.41, 5.74) is 1.03. The van der Waals surface area contributed by atoms with Gasteiger partial charge in [0.05, 0.1) is 6.42 Å². The number of amides is 2. The Morgan fingerprint density at radius 2 is 1.62 bits per heavy atom. The number of aromatic nitrogens is 1. The van der Waals surface area contributed by atoms with Crippen molar-refractivity contribution in [1.29, 1.82) is 0 Å². The fraction of sp³-hybridized carbons (Fsp3) is 0.419. The molecule has 0 fully saturated rings. The van der Waals surface area contributed by atoms with Crippen molar-refractivity contribution in [3.8, 4) is 0 Å². The van der Waals surface area contributed by atoms with E-state index in [-0.39, 0.29) is 19.3 Å². The number of fused-ring (bicyclic) bond motifs is 1. The molecule has 0 spiro atoms. The number of ketones is 1. The molecular formula is C31H39N3O5. The molecule has 2 aromatic carbocycles. The maximum absolute atomic E-state index is 14.2. The van der Waals surface area contributed by atoms with Crippen molar-refractivity contribution in [1.82, 2.24) is 15.2 Å². The minimum Gasteiger partial charge on any atom is -0.463 e. The molecule has 0 bridgehead atoms. The summed E-state index contributed by atoms with van der Waals surface area (Å²) >= 11 is 0. The molecule has 0 aliphatic carbocycles. The third kappa shape index (κ3) is 6.74. The fourth-order valence-electron chi connectivity index (χ4n) is 5.07. The van der Waals surface area contributed by atoms with Crippen molar-refractivity contribution in [3.05, 3.63) is 71.4 Å². The summed E-state index contributed by atoms with van der Waals surface area (Å²) in [6, 6.07) is 16.2. The quantitative estimate of drug-likeness (QED) is 0.187. The van der Waals surface area contributed by atoms with Crippen LogP contribution in [0.25, 0.3) is 10.9 Å². The largest absolute Gasteiger partial charge is 0.463 e. The van der Waals surface area contributed by atoms with Gasteiger partial charge in [0.25, 0.3) is 5.91 Å². The van der Waals surface area contributed by atoms with Crippen LogP contribution in [0, 0.1) is 6.92 Å². The second-order valence-corrected chi connectivity index (χ2v) is 9.76. The van der Waals surface area contributed by atoms with Crippen molar-refractivity contribution in [2.24, 2.45) is 0 Å². The molecule has 8 nitrogen and oxygen atoms in total. The summed E-state index contributed by atoms with van der Waals surface area (Å²) in [5, 5.41) is 3.82.